The zero-order chi connectivity index (χ0) is 22.0. The summed E-state index contributed by atoms with van der Waals surface area (Å²) in [6, 6.07) is 6.63. The molecule has 1 amide bonds. The number of carbonyl (C=O) groups excluding carboxylic acids is 1. The number of pyridine rings is 1. The number of thioether (sulfide) groups is 1. The van der Waals surface area contributed by atoms with Crippen molar-refractivity contribution in [3.05, 3.63) is 54.2 Å². The first-order valence-electron chi connectivity index (χ1n) is 9.58. The van der Waals surface area contributed by atoms with Crippen LogP contribution in [-0.2, 0) is 10.0 Å². The Morgan fingerprint density at radius 2 is 1.90 bits per heavy atom. The highest BCUT2D eigenvalue weighted by Gasteiger charge is 2.32. The number of rotatable bonds is 5. The van der Waals surface area contributed by atoms with Gasteiger partial charge in [-0.2, -0.15) is 4.31 Å². The number of carbonyl (C=O) groups is 1. The Labute approximate surface area is 184 Å². The molecule has 0 aliphatic carbocycles. The molecule has 0 radical (unpaired) electrons. The smallest absolute Gasteiger partial charge is 0.258 e. The van der Waals surface area contributed by atoms with Gasteiger partial charge in [-0.15, -0.1) is 11.8 Å². The van der Waals surface area contributed by atoms with Gasteiger partial charge in [-0.3, -0.25) is 9.78 Å². The lowest BCUT2D eigenvalue weighted by atomic mass is 10.2. The monoisotopic (exact) mass is 459 g/mol. The predicted octanol–water partition coefficient (Wildman–Crippen LogP) is 2.31. The normalized spacial score (nSPS) is 15.2. The third-order valence-electron chi connectivity index (χ3n) is 5.00. The van der Waals surface area contributed by atoms with Crippen molar-refractivity contribution in [2.45, 2.75) is 16.8 Å². The van der Waals surface area contributed by atoms with Crippen molar-refractivity contribution < 1.29 is 17.6 Å². The molecule has 3 aromatic heterocycles. The summed E-state index contributed by atoms with van der Waals surface area (Å²) in [5, 5.41) is 0.564. The molecule has 0 N–H and O–H groups in total. The second kappa shape index (κ2) is 8.77. The van der Waals surface area contributed by atoms with E-state index in [2.05, 4.69) is 15.0 Å². The van der Waals surface area contributed by atoms with E-state index < -0.39 is 10.0 Å². The highest BCUT2D eigenvalue weighted by Crippen LogP contribution is 2.27. The highest BCUT2D eigenvalue weighted by molar-refractivity contribution is 7.98. The minimum Gasteiger partial charge on any atom is -0.461 e. The van der Waals surface area contributed by atoms with Crippen molar-refractivity contribution in [3.8, 4) is 11.6 Å². The summed E-state index contributed by atoms with van der Waals surface area (Å²) in [6.07, 6.45) is 6.26. The topological polar surface area (TPSA) is 110 Å². The van der Waals surface area contributed by atoms with Gasteiger partial charge in [-0.05, 0) is 37.4 Å². The van der Waals surface area contributed by atoms with Crippen LogP contribution in [0.5, 0.6) is 0 Å². The van der Waals surface area contributed by atoms with E-state index in [1.807, 2.05) is 6.26 Å². The summed E-state index contributed by atoms with van der Waals surface area (Å²) in [4.78, 5) is 27.9. The number of aryl methyl sites for hydroxylation is 1. The van der Waals surface area contributed by atoms with Gasteiger partial charge in [-0.25, -0.2) is 18.4 Å². The molecule has 11 heteroatoms. The summed E-state index contributed by atoms with van der Waals surface area (Å²) >= 11 is 1.36. The Balaban J connectivity index is 1.53. The van der Waals surface area contributed by atoms with Gasteiger partial charge in [0.05, 0.1) is 17.5 Å². The molecule has 1 fully saturated rings. The van der Waals surface area contributed by atoms with E-state index in [4.69, 9.17) is 4.42 Å². The first-order chi connectivity index (χ1) is 14.9. The molecule has 9 nitrogen and oxygen atoms in total. The van der Waals surface area contributed by atoms with E-state index in [1.54, 1.807) is 36.3 Å². The second-order valence-electron chi connectivity index (χ2n) is 6.88. The lowest BCUT2D eigenvalue weighted by Crippen LogP contribution is -2.50. The largest absolute Gasteiger partial charge is 0.461 e. The van der Waals surface area contributed by atoms with Crippen LogP contribution in [0.1, 0.15) is 16.1 Å². The number of hydrogen-bond acceptors (Lipinski definition) is 8. The van der Waals surface area contributed by atoms with Gasteiger partial charge in [0.25, 0.3) is 5.91 Å². The number of nitrogens with zero attached hydrogens (tertiary/aromatic N) is 5. The van der Waals surface area contributed by atoms with Gasteiger partial charge in [0, 0.05) is 38.6 Å². The van der Waals surface area contributed by atoms with Crippen LogP contribution in [0.2, 0.25) is 0 Å². The Morgan fingerprint density at radius 3 is 2.52 bits per heavy atom. The molecular weight excluding hydrogens is 438 g/mol. The average molecular weight is 460 g/mol. The first-order valence-corrected chi connectivity index (χ1v) is 12.2. The number of piperazine rings is 1. The first kappa shape index (κ1) is 21.5. The summed E-state index contributed by atoms with van der Waals surface area (Å²) in [5.74, 6) is 0.758. The number of amides is 1. The van der Waals surface area contributed by atoms with E-state index >= 15 is 0 Å². The molecule has 31 heavy (non-hydrogen) atoms. The molecular formula is C20H21N5O4S2. The third kappa shape index (κ3) is 4.21. The second-order valence-corrected chi connectivity index (χ2v) is 9.61. The van der Waals surface area contributed by atoms with Crippen molar-refractivity contribution in [3.63, 3.8) is 0 Å². The molecule has 0 spiro atoms. The van der Waals surface area contributed by atoms with E-state index in [9.17, 15) is 13.2 Å². The molecule has 162 valence electrons. The van der Waals surface area contributed by atoms with Crippen LogP contribution >= 0.6 is 11.8 Å². The standard InChI is InChI=1S/C20H21N5O4S2/c1-14-17(19(30-2)23-18(22-14)16-6-4-12-29-16)20(26)24-8-10-25(11-9-24)31(27,28)15-5-3-7-21-13-15/h3-7,12-13H,8-11H2,1-2H3. The Bertz CT molecular complexity index is 1180. The SMILES string of the molecule is CSc1nc(-c2ccco2)nc(C)c1C(=O)N1CCN(S(=O)(=O)c2cccnc2)CC1. The Morgan fingerprint density at radius 1 is 1.13 bits per heavy atom. The molecule has 0 unspecified atom stereocenters. The number of sulfonamides is 1. The van der Waals surface area contributed by atoms with Crippen LogP contribution in [0.15, 0.2) is 57.3 Å². The van der Waals surface area contributed by atoms with E-state index in [1.165, 1.54) is 34.5 Å². The van der Waals surface area contributed by atoms with Gasteiger partial charge in [0.15, 0.2) is 11.6 Å². The lowest BCUT2D eigenvalue weighted by Gasteiger charge is -2.34. The van der Waals surface area contributed by atoms with Crippen molar-refractivity contribution in [2.24, 2.45) is 0 Å². The van der Waals surface area contributed by atoms with Crippen LogP contribution in [0, 0.1) is 6.92 Å². The summed E-state index contributed by atoms with van der Waals surface area (Å²) in [7, 11) is -3.63. The number of aromatic nitrogens is 3. The summed E-state index contributed by atoms with van der Waals surface area (Å²) in [5.41, 5.74) is 0.993. The molecule has 3 aromatic rings. The fourth-order valence-electron chi connectivity index (χ4n) is 3.39. The fraction of sp³-hybridized carbons (Fsp3) is 0.300. The predicted molar refractivity (Wildman–Crippen MR) is 115 cm³/mol. The third-order valence-corrected chi connectivity index (χ3v) is 7.57. The molecule has 0 atom stereocenters. The van der Waals surface area contributed by atoms with Crippen LogP contribution in [0.25, 0.3) is 11.6 Å². The molecule has 0 bridgehead atoms. The number of furan rings is 1. The maximum atomic E-state index is 13.3. The van der Waals surface area contributed by atoms with Crippen LogP contribution < -0.4 is 0 Å². The summed E-state index contributed by atoms with van der Waals surface area (Å²) in [6.45, 7) is 2.76. The summed E-state index contributed by atoms with van der Waals surface area (Å²) < 4.78 is 32.3. The van der Waals surface area contributed by atoms with Gasteiger partial charge in [0.2, 0.25) is 10.0 Å². The maximum absolute atomic E-state index is 13.3. The molecule has 4 heterocycles. The average Bonchev–Trinajstić information content (AvgIpc) is 3.34. The highest BCUT2D eigenvalue weighted by atomic mass is 32.2. The zero-order valence-electron chi connectivity index (χ0n) is 17.1. The Hall–Kier alpha value is -2.76. The quantitative estimate of drug-likeness (QED) is 0.422. The lowest BCUT2D eigenvalue weighted by molar-refractivity contribution is 0.0692. The molecule has 0 saturated carbocycles. The maximum Gasteiger partial charge on any atom is 0.258 e. The van der Waals surface area contributed by atoms with Crippen LogP contribution in [-0.4, -0.2) is 70.9 Å². The molecule has 1 saturated heterocycles. The van der Waals surface area contributed by atoms with Crippen molar-refractivity contribution in [1.29, 1.82) is 0 Å². The van der Waals surface area contributed by atoms with E-state index in [0.717, 1.165) is 0 Å². The van der Waals surface area contributed by atoms with Gasteiger partial charge >= 0.3 is 0 Å². The van der Waals surface area contributed by atoms with E-state index in [0.29, 0.717) is 27.9 Å². The van der Waals surface area contributed by atoms with Gasteiger partial charge in [-0.1, -0.05) is 0 Å². The minimum absolute atomic E-state index is 0.150. The van der Waals surface area contributed by atoms with Crippen molar-refractivity contribution >= 4 is 27.7 Å². The van der Waals surface area contributed by atoms with Gasteiger partial charge in [0.1, 0.15) is 9.92 Å². The molecule has 0 aromatic carbocycles. The molecule has 1 aliphatic heterocycles. The van der Waals surface area contributed by atoms with Crippen molar-refractivity contribution in [1.82, 2.24) is 24.2 Å². The van der Waals surface area contributed by atoms with Crippen LogP contribution in [0.4, 0.5) is 0 Å². The van der Waals surface area contributed by atoms with Crippen LogP contribution in [0.3, 0.4) is 0 Å². The van der Waals surface area contributed by atoms with Gasteiger partial charge < -0.3 is 9.32 Å². The fourth-order valence-corrected chi connectivity index (χ4v) is 5.40. The Kier molecular flexibility index (Phi) is 6.08. The molecule has 1 aliphatic rings. The minimum atomic E-state index is -3.63. The van der Waals surface area contributed by atoms with Crippen molar-refractivity contribution in [2.75, 3.05) is 32.4 Å². The number of hydrogen-bond donors (Lipinski definition) is 0. The van der Waals surface area contributed by atoms with E-state index in [-0.39, 0.29) is 37.0 Å². The molecule has 4 rings (SSSR count). The zero-order valence-corrected chi connectivity index (χ0v) is 18.7.